The van der Waals surface area contributed by atoms with Gasteiger partial charge < -0.3 is 4.90 Å². The summed E-state index contributed by atoms with van der Waals surface area (Å²) in [6, 6.07) is 16.3. The predicted octanol–water partition coefficient (Wildman–Crippen LogP) is 3.60. The molecule has 0 radical (unpaired) electrons. The first-order valence-corrected chi connectivity index (χ1v) is 8.49. The maximum atomic E-state index is 12.7. The first-order valence-electron chi connectivity index (χ1n) is 8.49. The van der Waals surface area contributed by atoms with E-state index in [1.165, 1.54) is 0 Å². The number of ketones is 1. The molecule has 0 bridgehead atoms. The van der Waals surface area contributed by atoms with Crippen molar-refractivity contribution in [3.05, 3.63) is 70.8 Å². The number of Topliss-reactive ketones (excluding diaryl/α,β-unsaturated/α-hetero) is 1. The largest absolute Gasteiger partial charge is 0.338 e. The number of rotatable bonds is 3. The molecule has 2 aromatic carbocycles. The molecule has 4 heteroatoms. The zero-order valence-electron chi connectivity index (χ0n) is 14.2. The molecule has 0 aromatic heterocycles. The fourth-order valence-electron chi connectivity index (χ4n) is 3.20. The van der Waals surface area contributed by atoms with Gasteiger partial charge in [0.2, 0.25) is 0 Å². The van der Waals surface area contributed by atoms with Crippen LogP contribution in [0, 0.1) is 24.2 Å². The average Bonchev–Trinajstić information content (AvgIpc) is 2.67. The highest BCUT2D eigenvalue weighted by atomic mass is 16.2. The third-order valence-electron chi connectivity index (χ3n) is 4.68. The Morgan fingerprint density at radius 2 is 1.68 bits per heavy atom. The van der Waals surface area contributed by atoms with Crippen molar-refractivity contribution in [2.75, 3.05) is 13.1 Å². The standard InChI is InChI=1S/C21H20N2O2/c1-15-4-8-17(9-5-15)20(24)19-3-2-12-23(14-19)21(25)18-10-6-16(13-22)7-11-18/h4-11,19H,2-3,12,14H2,1H3. The van der Waals surface area contributed by atoms with Crippen LogP contribution >= 0.6 is 0 Å². The molecule has 1 aliphatic rings. The minimum atomic E-state index is -0.154. The van der Waals surface area contributed by atoms with Crippen molar-refractivity contribution in [1.29, 1.82) is 5.26 Å². The summed E-state index contributed by atoms with van der Waals surface area (Å²) in [7, 11) is 0. The number of amides is 1. The fourth-order valence-corrected chi connectivity index (χ4v) is 3.20. The van der Waals surface area contributed by atoms with Crippen molar-refractivity contribution in [1.82, 2.24) is 4.90 Å². The average molecular weight is 332 g/mol. The van der Waals surface area contributed by atoms with E-state index in [1.807, 2.05) is 37.3 Å². The van der Waals surface area contributed by atoms with Gasteiger partial charge in [-0.15, -0.1) is 0 Å². The topological polar surface area (TPSA) is 61.2 Å². The van der Waals surface area contributed by atoms with Crippen LogP contribution in [0.15, 0.2) is 48.5 Å². The van der Waals surface area contributed by atoms with Gasteiger partial charge in [0.1, 0.15) is 0 Å². The lowest BCUT2D eigenvalue weighted by Gasteiger charge is -2.32. The van der Waals surface area contributed by atoms with Crippen molar-refractivity contribution in [3.8, 4) is 6.07 Å². The van der Waals surface area contributed by atoms with Gasteiger partial charge in [0.25, 0.3) is 5.91 Å². The monoisotopic (exact) mass is 332 g/mol. The second-order valence-electron chi connectivity index (χ2n) is 6.51. The highest BCUT2D eigenvalue weighted by Crippen LogP contribution is 2.23. The molecule has 0 saturated carbocycles. The second-order valence-corrected chi connectivity index (χ2v) is 6.51. The van der Waals surface area contributed by atoms with Crippen LogP contribution in [0.1, 0.15) is 44.7 Å². The number of aryl methyl sites for hydroxylation is 1. The fraction of sp³-hybridized carbons (Fsp3) is 0.286. The SMILES string of the molecule is Cc1ccc(C(=O)C2CCCN(C(=O)c3ccc(C#N)cc3)C2)cc1. The number of nitriles is 1. The molecule has 1 amide bonds. The first kappa shape index (κ1) is 16.9. The molecule has 0 N–H and O–H groups in total. The summed E-state index contributed by atoms with van der Waals surface area (Å²) in [5.74, 6) is -0.123. The number of nitrogens with zero attached hydrogens (tertiary/aromatic N) is 2. The molecule has 4 nitrogen and oxygen atoms in total. The van der Waals surface area contributed by atoms with Crippen LogP contribution in [0.5, 0.6) is 0 Å². The van der Waals surface area contributed by atoms with Crippen molar-refractivity contribution in [3.63, 3.8) is 0 Å². The van der Waals surface area contributed by atoms with Crippen molar-refractivity contribution >= 4 is 11.7 Å². The molecule has 1 atom stereocenters. The summed E-state index contributed by atoms with van der Waals surface area (Å²) in [4.78, 5) is 27.2. The number of piperidine rings is 1. The molecular weight excluding hydrogens is 312 g/mol. The van der Waals surface area contributed by atoms with E-state index in [4.69, 9.17) is 5.26 Å². The maximum Gasteiger partial charge on any atom is 0.253 e. The van der Waals surface area contributed by atoms with Crippen LogP contribution in [0.25, 0.3) is 0 Å². The molecular formula is C21H20N2O2. The summed E-state index contributed by atoms with van der Waals surface area (Å²) in [6.45, 7) is 3.11. The molecule has 1 saturated heterocycles. The van der Waals surface area contributed by atoms with Gasteiger partial charge >= 0.3 is 0 Å². The quantitative estimate of drug-likeness (QED) is 0.807. The van der Waals surface area contributed by atoms with Crippen LogP contribution in [-0.4, -0.2) is 29.7 Å². The van der Waals surface area contributed by atoms with Gasteiger partial charge in [-0.05, 0) is 44.0 Å². The Kier molecular flexibility index (Phi) is 4.95. The molecule has 25 heavy (non-hydrogen) atoms. The number of hydrogen-bond acceptors (Lipinski definition) is 3. The van der Waals surface area contributed by atoms with E-state index in [2.05, 4.69) is 0 Å². The lowest BCUT2D eigenvalue weighted by atomic mass is 9.89. The van der Waals surface area contributed by atoms with E-state index in [9.17, 15) is 9.59 Å². The highest BCUT2D eigenvalue weighted by Gasteiger charge is 2.29. The van der Waals surface area contributed by atoms with Gasteiger partial charge in [0.15, 0.2) is 5.78 Å². The van der Waals surface area contributed by atoms with Crippen molar-refractivity contribution < 1.29 is 9.59 Å². The van der Waals surface area contributed by atoms with E-state index >= 15 is 0 Å². The number of carbonyl (C=O) groups excluding carboxylic acids is 2. The lowest BCUT2D eigenvalue weighted by molar-refractivity contribution is 0.0637. The smallest absolute Gasteiger partial charge is 0.253 e. The molecule has 2 aromatic rings. The molecule has 126 valence electrons. The Bertz CT molecular complexity index is 816. The van der Waals surface area contributed by atoms with Gasteiger partial charge in [-0.1, -0.05) is 29.8 Å². The molecule has 1 unspecified atom stereocenters. The molecule has 1 heterocycles. The van der Waals surface area contributed by atoms with E-state index in [-0.39, 0.29) is 17.6 Å². The van der Waals surface area contributed by atoms with Gasteiger partial charge in [-0.25, -0.2) is 0 Å². The lowest BCUT2D eigenvalue weighted by Crippen LogP contribution is -2.42. The Morgan fingerprint density at radius 3 is 2.32 bits per heavy atom. The van der Waals surface area contributed by atoms with Crippen LogP contribution in [0.3, 0.4) is 0 Å². The van der Waals surface area contributed by atoms with E-state index in [0.717, 1.165) is 18.4 Å². The van der Waals surface area contributed by atoms with E-state index in [1.54, 1.807) is 29.2 Å². The highest BCUT2D eigenvalue weighted by molar-refractivity contribution is 5.99. The predicted molar refractivity (Wildman–Crippen MR) is 95.3 cm³/mol. The van der Waals surface area contributed by atoms with Gasteiger partial charge in [0, 0.05) is 30.1 Å². The van der Waals surface area contributed by atoms with E-state index in [0.29, 0.717) is 29.8 Å². The number of hydrogen-bond donors (Lipinski definition) is 0. The Morgan fingerprint density at radius 1 is 1.04 bits per heavy atom. The van der Waals surface area contributed by atoms with Gasteiger partial charge in [-0.3, -0.25) is 9.59 Å². The summed E-state index contributed by atoms with van der Waals surface area (Å²) in [5, 5.41) is 8.85. The van der Waals surface area contributed by atoms with Crippen molar-refractivity contribution in [2.45, 2.75) is 19.8 Å². The third-order valence-corrected chi connectivity index (χ3v) is 4.68. The molecule has 1 aliphatic heterocycles. The second kappa shape index (κ2) is 7.31. The van der Waals surface area contributed by atoms with Crippen LogP contribution in [-0.2, 0) is 0 Å². The normalized spacial score (nSPS) is 17.0. The minimum Gasteiger partial charge on any atom is -0.338 e. The minimum absolute atomic E-state index is 0.0779. The number of benzene rings is 2. The maximum absolute atomic E-state index is 12.7. The molecule has 0 aliphatic carbocycles. The Hall–Kier alpha value is -2.93. The molecule has 0 spiro atoms. The summed E-state index contributed by atoms with van der Waals surface area (Å²) in [6.07, 6.45) is 1.63. The van der Waals surface area contributed by atoms with Crippen LogP contribution in [0.4, 0.5) is 0 Å². The molecule has 1 fully saturated rings. The van der Waals surface area contributed by atoms with Crippen LogP contribution in [0.2, 0.25) is 0 Å². The van der Waals surface area contributed by atoms with Crippen molar-refractivity contribution in [2.24, 2.45) is 5.92 Å². The molecule has 3 rings (SSSR count). The Balaban J connectivity index is 1.71. The Labute approximate surface area is 147 Å². The summed E-state index contributed by atoms with van der Waals surface area (Å²) >= 11 is 0. The summed E-state index contributed by atoms with van der Waals surface area (Å²) < 4.78 is 0. The number of likely N-dealkylation sites (tertiary alicyclic amines) is 1. The van der Waals surface area contributed by atoms with Crippen LogP contribution < -0.4 is 0 Å². The first-order chi connectivity index (χ1) is 12.1. The van der Waals surface area contributed by atoms with Gasteiger partial charge in [-0.2, -0.15) is 5.26 Å². The zero-order valence-corrected chi connectivity index (χ0v) is 14.2. The van der Waals surface area contributed by atoms with E-state index < -0.39 is 0 Å². The zero-order chi connectivity index (χ0) is 17.8. The third kappa shape index (κ3) is 3.77. The number of carbonyl (C=O) groups is 2. The van der Waals surface area contributed by atoms with Gasteiger partial charge in [0.05, 0.1) is 11.6 Å². The summed E-state index contributed by atoms with van der Waals surface area (Å²) in [5.41, 5.74) is 2.92.